The predicted molar refractivity (Wildman–Crippen MR) is 79.4 cm³/mol. The van der Waals surface area contributed by atoms with Crippen molar-refractivity contribution in [1.82, 2.24) is 4.98 Å². The summed E-state index contributed by atoms with van der Waals surface area (Å²) in [5, 5.41) is 9.13. The third-order valence-corrected chi connectivity index (χ3v) is 4.14. The number of carboxylic acid groups (broad SMARTS) is 1. The van der Waals surface area contributed by atoms with Gasteiger partial charge in [0.1, 0.15) is 5.75 Å². The third kappa shape index (κ3) is 3.11. The summed E-state index contributed by atoms with van der Waals surface area (Å²) >= 11 is 6.69. The zero-order chi connectivity index (χ0) is 14.9. The van der Waals surface area contributed by atoms with Gasteiger partial charge in [-0.05, 0) is 30.0 Å². The fourth-order valence-corrected chi connectivity index (χ4v) is 2.62. The van der Waals surface area contributed by atoms with Crippen molar-refractivity contribution >= 4 is 28.9 Å². The first-order chi connectivity index (χ1) is 9.38. The Morgan fingerprint density at radius 3 is 2.70 bits per heavy atom. The van der Waals surface area contributed by atoms with E-state index in [9.17, 15) is 4.79 Å². The summed E-state index contributed by atoms with van der Waals surface area (Å²) < 4.78 is 5.67. The molecule has 0 bridgehead atoms. The number of thiazole rings is 1. The number of aryl methyl sites for hydroxylation is 1. The van der Waals surface area contributed by atoms with Gasteiger partial charge in [0.2, 0.25) is 0 Å². The number of hydrogen-bond acceptors (Lipinski definition) is 4. The highest BCUT2D eigenvalue weighted by atomic mass is 35.5. The molecule has 20 heavy (non-hydrogen) atoms. The minimum atomic E-state index is -1.10. The molecular formula is C14H14ClNO3S. The maximum absolute atomic E-state index is 10.9. The Morgan fingerprint density at radius 2 is 2.15 bits per heavy atom. The monoisotopic (exact) mass is 311 g/mol. The van der Waals surface area contributed by atoms with E-state index in [2.05, 4.69) is 18.8 Å². The fraction of sp³-hybridized carbons (Fsp3) is 0.286. The lowest BCUT2D eigenvalue weighted by Crippen LogP contribution is -1.92. The summed E-state index contributed by atoms with van der Waals surface area (Å²) in [5.41, 5.74) is 2.10. The van der Waals surface area contributed by atoms with Crippen LogP contribution in [0.4, 0.5) is 0 Å². The highest BCUT2D eigenvalue weighted by Gasteiger charge is 2.17. The van der Waals surface area contributed by atoms with Crippen molar-refractivity contribution in [2.24, 2.45) is 0 Å². The molecule has 2 aromatic rings. The topological polar surface area (TPSA) is 59.4 Å². The number of nitrogens with zero attached hydrogens (tertiary/aromatic N) is 1. The Bertz CT molecular complexity index is 652. The molecule has 0 aliphatic heterocycles. The van der Waals surface area contributed by atoms with E-state index in [4.69, 9.17) is 21.4 Å². The molecule has 106 valence electrons. The summed E-state index contributed by atoms with van der Waals surface area (Å²) in [5.74, 6) is -0.0547. The van der Waals surface area contributed by atoms with Gasteiger partial charge in [-0.15, -0.1) is 0 Å². The van der Waals surface area contributed by atoms with E-state index in [1.807, 2.05) is 25.1 Å². The lowest BCUT2D eigenvalue weighted by molar-refractivity contribution is 0.0702. The number of carboxylic acids is 1. The maximum Gasteiger partial charge on any atom is 0.349 e. The average molecular weight is 312 g/mol. The summed E-state index contributed by atoms with van der Waals surface area (Å²) in [6.45, 7) is 6.11. The molecule has 1 heterocycles. The Hall–Kier alpha value is -1.59. The van der Waals surface area contributed by atoms with Crippen LogP contribution in [0.1, 0.15) is 40.6 Å². The summed E-state index contributed by atoms with van der Waals surface area (Å²) in [7, 11) is 0. The van der Waals surface area contributed by atoms with Crippen LogP contribution in [0, 0.1) is 6.92 Å². The Balaban J connectivity index is 2.32. The van der Waals surface area contributed by atoms with Gasteiger partial charge in [-0.3, -0.25) is 0 Å². The van der Waals surface area contributed by atoms with Crippen LogP contribution in [-0.4, -0.2) is 16.1 Å². The van der Waals surface area contributed by atoms with Gasteiger partial charge in [-0.1, -0.05) is 48.9 Å². The van der Waals surface area contributed by atoms with E-state index in [-0.39, 0.29) is 15.2 Å². The molecule has 4 nitrogen and oxygen atoms in total. The van der Waals surface area contributed by atoms with Crippen molar-refractivity contribution in [3.05, 3.63) is 39.4 Å². The van der Waals surface area contributed by atoms with E-state index in [0.29, 0.717) is 11.7 Å². The van der Waals surface area contributed by atoms with Crippen molar-refractivity contribution in [3.8, 4) is 10.9 Å². The third-order valence-electron chi connectivity index (χ3n) is 2.84. The predicted octanol–water partition coefficient (Wildman–Crippen LogP) is 4.72. The molecular weight excluding hydrogens is 298 g/mol. The standard InChI is InChI=1S/C14H14ClNO3S/c1-7(2)9-5-4-8(3)10(6-9)19-14-16-12(15)11(20-14)13(17)18/h4-7H,1-3H3,(H,17,18). The Morgan fingerprint density at radius 1 is 1.45 bits per heavy atom. The van der Waals surface area contributed by atoms with Crippen molar-refractivity contribution in [2.75, 3.05) is 0 Å². The van der Waals surface area contributed by atoms with Crippen molar-refractivity contribution < 1.29 is 14.6 Å². The number of carbonyl (C=O) groups is 1. The van der Waals surface area contributed by atoms with Crippen LogP contribution in [0.15, 0.2) is 18.2 Å². The van der Waals surface area contributed by atoms with E-state index < -0.39 is 5.97 Å². The van der Waals surface area contributed by atoms with E-state index >= 15 is 0 Å². The second-order valence-corrected chi connectivity index (χ2v) is 6.01. The summed E-state index contributed by atoms with van der Waals surface area (Å²) in [6.07, 6.45) is 0. The first kappa shape index (κ1) is 14.8. The number of benzene rings is 1. The first-order valence-electron chi connectivity index (χ1n) is 6.06. The average Bonchev–Trinajstić information content (AvgIpc) is 2.73. The molecule has 2 rings (SSSR count). The molecule has 0 unspecified atom stereocenters. The van der Waals surface area contributed by atoms with Gasteiger partial charge < -0.3 is 9.84 Å². The molecule has 1 aromatic carbocycles. The van der Waals surface area contributed by atoms with Crippen LogP contribution in [0.25, 0.3) is 0 Å². The number of aromatic nitrogens is 1. The second-order valence-electron chi connectivity index (χ2n) is 4.69. The molecule has 0 atom stereocenters. The number of hydrogen-bond donors (Lipinski definition) is 1. The number of halogens is 1. The molecule has 0 spiro atoms. The Kier molecular flexibility index (Phi) is 4.30. The van der Waals surface area contributed by atoms with Crippen LogP contribution < -0.4 is 4.74 Å². The largest absolute Gasteiger partial charge is 0.477 e. The summed E-state index contributed by atoms with van der Waals surface area (Å²) in [6, 6.07) is 5.96. The number of ether oxygens (including phenoxy) is 1. The lowest BCUT2D eigenvalue weighted by atomic mass is 10.0. The highest BCUT2D eigenvalue weighted by molar-refractivity contribution is 7.15. The van der Waals surface area contributed by atoms with E-state index in [0.717, 1.165) is 22.5 Å². The van der Waals surface area contributed by atoms with Crippen LogP contribution in [-0.2, 0) is 0 Å². The SMILES string of the molecule is Cc1ccc(C(C)C)cc1Oc1nc(Cl)c(C(=O)O)s1. The van der Waals surface area contributed by atoms with Crippen molar-refractivity contribution in [2.45, 2.75) is 26.7 Å². The fourth-order valence-electron chi connectivity index (χ4n) is 1.64. The molecule has 0 amide bonds. The van der Waals surface area contributed by atoms with E-state index in [1.165, 1.54) is 0 Å². The molecule has 0 saturated carbocycles. The molecule has 0 aliphatic carbocycles. The molecule has 0 aliphatic rings. The highest BCUT2D eigenvalue weighted by Crippen LogP contribution is 2.34. The normalized spacial score (nSPS) is 10.8. The van der Waals surface area contributed by atoms with Crippen LogP contribution >= 0.6 is 22.9 Å². The van der Waals surface area contributed by atoms with Gasteiger partial charge in [0.25, 0.3) is 5.19 Å². The van der Waals surface area contributed by atoms with Gasteiger partial charge in [0.05, 0.1) is 0 Å². The summed E-state index contributed by atoms with van der Waals surface area (Å²) in [4.78, 5) is 14.8. The zero-order valence-electron chi connectivity index (χ0n) is 11.3. The molecule has 0 saturated heterocycles. The van der Waals surface area contributed by atoms with Crippen molar-refractivity contribution in [1.29, 1.82) is 0 Å². The first-order valence-corrected chi connectivity index (χ1v) is 7.26. The number of rotatable bonds is 4. The maximum atomic E-state index is 10.9. The van der Waals surface area contributed by atoms with Crippen molar-refractivity contribution in [3.63, 3.8) is 0 Å². The smallest absolute Gasteiger partial charge is 0.349 e. The van der Waals surface area contributed by atoms with Crippen LogP contribution in [0.2, 0.25) is 5.15 Å². The minimum absolute atomic E-state index is 0.0145. The molecule has 1 aromatic heterocycles. The minimum Gasteiger partial charge on any atom is -0.477 e. The molecule has 0 radical (unpaired) electrons. The lowest BCUT2D eigenvalue weighted by Gasteiger charge is -2.10. The second kappa shape index (κ2) is 5.81. The van der Waals surface area contributed by atoms with E-state index in [1.54, 1.807) is 0 Å². The number of aromatic carboxylic acids is 1. The van der Waals surface area contributed by atoms with Gasteiger partial charge in [-0.2, -0.15) is 4.98 Å². The van der Waals surface area contributed by atoms with Gasteiger partial charge >= 0.3 is 5.97 Å². The van der Waals surface area contributed by atoms with Gasteiger partial charge in [0.15, 0.2) is 10.0 Å². The molecule has 0 fully saturated rings. The molecule has 1 N–H and O–H groups in total. The Labute approximate surface area is 126 Å². The molecule has 6 heteroatoms. The van der Waals surface area contributed by atoms with Crippen LogP contribution in [0.5, 0.6) is 10.9 Å². The van der Waals surface area contributed by atoms with Gasteiger partial charge in [0, 0.05) is 0 Å². The zero-order valence-corrected chi connectivity index (χ0v) is 12.9. The van der Waals surface area contributed by atoms with Crippen LogP contribution in [0.3, 0.4) is 0 Å². The van der Waals surface area contributed by atoms with Gasteiger partial charge in [-0.25, -0.2) is 4.79 Å². The quantitative estimate of drug-likeness (QED) is 0.887.